The Labute approximate surface area is 117 Å². The van der Waals surface area contributed by atoms with Gasteiger partial charge in [0.1, 0.15) is 5.82 Å². The molecule has 0 fully saturated rings. The number of rotatable bonds is 3. The number of halogens is 1. The highest BCUT2D eigenvalue weighted by Crippen LogP contribution is 2.22. The standard InChI is InChI=1S/C14H15FN2O2S/c1-9-5-10(2)7-12(6-9)20(18,19)17-14-8-11(16)3-4-13(14)15/h3-8,17H,16H2,1-2H3. The lowest BCUT2D eigenvalue weighted by Crippen LogP contribution is -2.14. The van der Waals surface area contributed by atoms with Crippen molar-refractivity contribution in [1.29, 1.82) is 0 Å². The first-order valence-corrected chi connectivity index (χ1v) is 7.42. The fourth-order valence-electron chi connectivity index (χ4n) is 1.91. The second-order valence-corrected chi connectivity index (χ2v) is 6.35. The maximum Gasteiger partial charge on any atom is 0.262 e. The average Bonchev–Trinajstić information content (AvgIpc) is 2.32. The smallest absolute Gasteiger partial charge is 0.262 e. The van der Waals surface area contributed by atoms with Crippen molar-refractivity contribution < 1.29 is 12.8 Å². The summed E-state index contributed by atoms with van der Waals surface area (Å²) >= 11 is 0. The van der Waals surface area contributed by atoms with Gasteiger partial charge in [-0.1, -0.05) is 6.07 Å². The summed E-state index contributed by atoms with van der Waals surface area (Å²) in [5, 5.41) is 0. The molecule has 6 heteroatoms. The van der Waals surface area contributed by atoms with Crippen molar-refractivity contribution in [2.45, 2.75) is 18.7 Å². The topological polar surface area (TPSA) is 72.2 Å². The SMILES string of the molecule is Cc1cc(C)cc(S(=O)(=O)Nc2cc(N)ccc2F)c1. The van der Waals surface area contributed by atoms with E-state index in [2.05, 4.69) is 4.72 Å². The van der Waals surface area contributed by atoms with Gasteiger partial charge in [0.2, 0.25) is 0 Å². The number of aryl methyl sites for hydroxylation is 2. The van der Waals surface area contributed by atoms with E-state index in [4.69, 9.17) is 5.73 Å². The van der Waals surface area contributed by atoms with Crippen LogP contribution in [0, 0.1) is 19.7 Å². The third-order valence-electron chi connectivity index (χ3n) is 2.74. The number of hydrogen-bond acceptors (Lipinski definition) is 3. The quantitative estimate of drug-likeness (QED) is 0.855. The summed E-state index contributed by atoms with van der Waals surface area (Å²) in [5.41, 5.74) is 7.29. The van der Waals surface area contributed by atoms with E-state index < -0.39 is 15.8 Å². The van der Waals surface area contributed by atoms with E-state index in [9.17, 15) is 12.8 Å². The Morgan fingerprint density at radius 3 is 2.25 bits per heavy atom. The van der Waals surface area contributed by atoms with E-state index in [1.807, 2.05) is 6.07 Å². The summed E-state index contributed by atoms with van der Waals surface area (Å²) in [4.78, 5) is 0.0943. The van der Waals surface area contributed by atoms with Crippen LogP contribution in [0.5, 0.6) is 0 Å². The van der Waals surface area contributed by atoms with Gasteiger partial charge in [-0.25, -0.2) is 12.8 Å². The molecule has 0 atom stereocenters. The summed E-state index contributed by atoms with van der Waals surface area (Å²) in [6, 6.07) is 8.65. The zero-order chi connectivity index (χ0) is 14.9. The molecule has 106 valence electrons. The van der Waals surface area contributed by atoms with Gasteiger partial charge in [-0.15, -0.1) is 0 Å². The second kappa shape index (κ2) is 5.13. The summed E-state index contributed by atoms with van der Waals surface area (Å²) < 4.78 is 40.3. The first-order valence-electron chi connectivity index (χ1n) is 5.94. The zero-order valence-corrected chi connectivity index (χ0v) is 12.0. The molecule has 2 aromatic carbocycles. The van der Waals surface area contributed by atoms with E-state index in [0.717, 1.165) is 17.2 Å². The van der Waals surface area contributed by atoms with Gasteiger partial charge in [0.25, 0.3) is 10.0 Å². The monoisotopic (exact) mass is 294 g/mol. The predicted molar refractivity (Wildman–Crippen MR) is 77.5 cm³/mol. The Balaban J connectivity index is 2.43. The number of nitrogen functional groups attached to an aromatic ring is 1. The van der Waals surface area contributed by atoms with Gasteiger partial charge in [0, 0.05) is 5.69 Å². The fraction of sp³-hybridized carbons (Fsp3) is 0.143. The zero-order valence-electron chi connectivity index (χ0n) is 11.1. The van der Waals surface area contributed by atoms with Crippen LogP contribution in [0.15, 0.2) is 41.3 Å². The van der Waals surface area contributed by atoms with Gasteiger partial charge < -0.3 is 5.73 Å². The molecular formula is C14H15FN2O2S. The number of anilines is 2. The Morgan fingerprint density at radius 1 is 1.05 bits per heavy atom. The number of sulfonamides is 1. The van der Waals surface area contributed by atoms with Crippen LogP contribution < -0.4 is 10.5 Å². The lowest BCUT2D eigenvalue weighted by Gasteiger charge is -2.11. The molecule has 0 radical (unpaired) electrons. The molecule has 2 aromatic rings. The van der Waals surface area contributed by atoms with Gasteiger partial charge in [-0.3, -0.25) is 4.72 Å². The summed E-state index contributed by atoms with van der Waals surface area (Å²) in [5.74, 6) is -0.674. The van der Waals surface area contributed by atoms with Crippen LogP contribution in [0.1, 0.15) is 11.1 Å². The third kappa shape index (κ3) is 3.08. The Hall–Kier alpha value is -2.08. The van der Waals surface area contributed by atoms with Crippen LogP contribution >= 0.6 is 0 Å². The molecule has 0 aliphatic heterocycles. The maximum absolute atomic E-state index is 13.6. The molecule has 0 saturated carbocycles. The molecule has 0 unspecified atom stereocenters. The van der Waals surface area contributed by atoms with Crippen LogP contribution in [0.4, 0.5) is 15.8 Å². The van der Waals surface area contributed by atoms with Crippen molar-refractivity contribution in [2.75, 3.05) is 10.5 Å². The minimum atomic E-state index is -3.84. The van der Waals surface area contributed by atoms with Gasteiger partial charge in [0.05, 0.1) is 10.6 Å². The number of hydrogen-bond donors (Lipinski definition) is 2. The van der Waals surface area contributed by atoms with Crippen molar-refractivity contribution in [3.63, 3.8) is 0 Å². The molecule has 2 rings (SSSR count). The predicted octanol–water partition coefficient (Wildman–Crippen LogP) is 2.83. The minimum absolute atomic E-state index is 0.0943. The maximum atomic E-state index is 13.6. The number of nitrogens with two attached hydrogens (primary N) is 1. The van der Waals surface area contributed by atoms with E-state index in [-0.39, 0.29) is 16.3 Å². The van der Waals surface area contributed by atoms with Crippen molar-refractivity contribution in [2.24, 2.45) is 0 Å². The lowest BCUT2D eigenvalue weighted by molar-refractivity contribution is 0.598. The first kappa shape index (κ1) is 14.3. The highest BCUT2D eigenvalue weighted by molar-refractivity contribution is 7.92. The van der Waals surface area contributed by atoms with Crippen LogP contribution in [0.2, 0.25) is 0 Å². The Kier molecular flexibility index (Phi) is 3.67. The van der Waals surface area contributed by atoms with Gasteiger partial charge in [-0.05, 0) is 55.3 Å². The highest BCUT2D eigenvalue weighted by Gasteiger charge is 2.17. The van der Waals surface area contributed by atoms with Crippen molar-refractivity contribution >= 4 is 21.4 Å². The van der Waals surface area contributed by atoms with Crippen LogP contribution in [0.3, 0.4) is 0 Å². The van der Waals surface area contributed by atoms with Crippen LogP contribution in [-0.4, -0.2) is 8.42 Å². The van der Waals surface area contributed by atoms with Gasteiger partial charge >= 0.3 is 0 Å². The summed E-state index contributed by atoms with van der Waals surface area (Å²) in [7, 11) is -3.84. The summed E-state index contributed by atoms with van der Waals surface area (Å²) in [6.45, 7) is 3.60. The molecule has 0 amide bonds. The molecule has 0 spiro atoms. The molecule has 4 nitrogen and oxygen atoms in total. The minimum Gasteiger partial charge on any atom is -0.399 e. The molecule has 3 N–H and O–H groups in total. The normalized spacial score (nSPS) is 11.3. The average molecular weight is 294 g/mol. The molecule has 0 heterocycles. The van der Waals surface area contributed by atoms with E-state index in [1.165, 1.54) is 24.3 Å². The van der Waals surface area contributed by atoms with Gasteiger partial charge in [-0.2, -0.15) is 0 Å². The molecule has 20 heavy (non-hydrogen) atoms. The van der Waals surface area contributed by atoms with E-state index >= 15 is 0 Å². The molecule has 0 aromatic heterocycles. The fourth-order valence-corrected chi connectivity index (χ4v) is 3.16. The Bertz CT molecular complexity index is 738. The summed E-state index contributed by atoms with van der Waals surface area (Å²) in [6.07, 6.45) is 0. The molecule has 0 aliphatic rings. The van der Waals surface area contributed by atoms with Crippen molar-refractivity contribution in [1.82, 2.24) is 0 Å². The third-order valence-corrected chi connectivity index (χ3v) is 4.09. The lowest BCUT2D eigenvalue weighted by atomic mass is 10.2. The van der Waals surface area contributed by atoms with Crippen LogP contribution in [0.25, 0.3) is 0 Å². The van der Waals surface area contributed by atoms with Crippen molar-refractivity contribution in [3.8, 4) is 0 Å². The number of benzene rings is 2. The molecular weight excluding hydrogens is 279 g/mol. The first-order chi connectivity index (χ1) is 9.28. The van der Waals surface area contributed by atoms with Crippen LogP contribution in [-0.2, 0) is 10.0 Å². The Morgan fingerprint density at radius 2 is 1.65 bits per heavy atom. The van der Waals surface area contributed by atoms with E-state index in [0.29, 0.717) is 0 Å². The van der Waals surface area contributed by atoms with Crippen molar-refractivity contribution in [3.05, 3.63) is 53.3 Å². The van der Waals surface area contributed by atoms with E-state index in [1.54, 1.807) is 13.8 Å². The number of nitrogens with one attached hydrogen (secondary N) is 1. The van der Waals surface area contributed by atoms with Gasteiger partial charge in [0.15, 0.2) is 0 Å². The highest BCUT2D eigenvalue weighted by atomic mass is 32.2. The second-order valence-electron chi connectivity index (χ2n) is 4.67. The largest absolute Gasteiger partial charge is 0.399 e. The molecule has 0 aliphatic carbocycles. The molecule has 0 bridgehead atoms. The molecule has 0 saturated heterocycles.